The Kier molecular flexibility index (Phi) is 4.30. The zero-order valence-corrected chi connectivity index (χ0v) is 17.5. The SMILES string of the molecule is CC(=O)N1CC2=C(C1=O)[C@@H](C1CCCCC1)c1cn(C(C)C)c3cccc(c13)N2. The summed E-state index contributed by atoms with van der Waals surface area (Å²) in [6.45, 7) is 6.25. The second-order valence-corrected chi connectivity index (χ2v) is 9.09. The van der Waals surface area contributed by atoms with Gasteiger partial charge in [0.2, 0.25) is 5.91 Å². The number of hydrogen-bond acceptors (Lipinski definition) is 3. The van der Waals surface area contributed by atoms with E-state index in [0.717, 1.165) is 29.8 Å². The topological polar surface area (TPSA) is 54.3 Å². The van der Waals surface area contributed by atoms with E-state index in [0.29, 0.717) is 18.5 Å². The molecule has 5 nitrogen and oxygen atoms in total. The van der Waals surface area contributed by atoms with Gasteiger partial charge in [0.25, 0.3) is 5.91 Å². The fourth-order valence-corrected chi connectivity index (χ4v) is 5.66. The molecule has 2 amide bonds. The molecule has 0 unspecified atom stereocenters. The number of anilines is 1. The molecular weight excluding hydrogens is 362 g/mol. The van der Waals surface area contributed by atoms with E-state index in [1.807, 2.05) is 0 Å². The molecule has 1 aliphatic carbocycles. The molecule has 1 atom stereocenters. The van der Waals surface area contributed by atoms with E-state index < -0.39 is 0 Å². The van der Waals surface area contributed by atoms with Crippen molar-refractivity contribution in [1.82, 2.24) is 9.47 Å². The minimum atomic E-state index is -0.176. The van der Waals surface area contributed by atoms with E-state index in [2.05, 4.69) is 48.1 Å². The van der Waals surface area contributed by atoms with Crippen LogP contribution in [-0.2, 0) is 9.59 Å². The van der Waals surface area contributed by atoms with Crippen LogP contribution in [0, 0.1) is 5.92 Å². The minimum Gasteiger partial charge on any atom is -0.356 e. The first-order valence-electron chi connectivity index (χ1n) is 10.9. The van der Waals surface area contributed by atoms with E-state index in [9.17, 15) is 9.59 Å². The maximum atomic E-state index is 13.4. The van der Waals surface area contributed by atoms with E-state index in [4.69, 9.17) is 0 Å². The summed E-state index contributed by atoms with van der Waals surface area (Å²) in [5, 5.41) is 4.82. The number of carbonyl (C=O) groups is 2. The lowest BCUT2D eigenvalue weighted by molar-refractivity contribution is -0.139. The van der Waals surface area contributed by atoms with Crippen molar-refractivity contribution < 1.29 is 9.59 Å². The Morgan fingerprint density at radius 3 is 2.62 bits per heavy atom. The molecule has 0 saturated heterocycles. The van der Waals surface area contributed by atoms with Crippen molar-refractivity contribution in [2.45, 2.75) is 64.8 Å². The van der Waals surface area contributed by atoms with Crippen LogP contribution in [0.25, 0.3) is 10.9 Å². The molecule has 1 saturated carbocycles. The first-order valence-corrected chi connectivity index (χ1v) is 10.9. The predicted octanol–water partition coefficient (Wildman–Crippen LogP) is 4.95. The van der Waals surface area contributed by atoms with Gasteiger partial charge in [0.15, 0.2) is 0 Å². The number of nitrogens with one attached hydrogen (secondary N) is 1. The summed E-state index contributed by atoms with van der Waals surface area (Å²) in [6.07, 6.45) is 8.28. The third-order valence-corrected chi connectivity index (χ3v) is 6.99. The van der Waals surface area contributed by atoms with Crippen LogP contribution in [-0.4, -0.2) is 27.8 Å². The lowest BCUT2D eigenvalue weighted by Gasteiger charge is -2.31. The van der Waals surface area contributed by atoms with Crippen LogP contribution in [0.4, 0.5) is 5.69 Å². The van der Waals surface area contributed by atoms with Crippen molar-refractivity contribution in [1.29, 1.82) is 0 Å². The zero-order valence-electron chi connectivity index (χ0n) is 17.5. The Labute approximate surface area is 171 Å². The molecule has 29 heavy (non-hydrogen) atoms. The first kappa shape index (κ1) is 18.5. The number of benzene rings is 1. The molecule has 0 radical (unpaired) electrons. The van der Waals surface area contributed by atoms with Gasteiger partial charge in [-0.15, -0.1) is 0 Å². The van der Waals surface area contributed by atoms with Gasteiger partial charge in [-0.05, 0) is 50.3 Å². The van der Waals surface area contributed by atoms with Crippen molar-refractivity contribution in [2.75, 3.05) is 11.9 Å². The second kappa shape index (κ2) is 6.75. The highest BCUT2D eigenvalue weighted by molar-refractivity contribution is 6.10. The molecule has 3 aliphatic rings. The molecule has 1 fully saturated rings. The Balaban J connectivity index is 1.75. The van der Waals surface area contributed by atoms with Crippen LogP contribution in [0.15, 0.2) is 35.7 Å². The van der Waals surface area contributed by atoms with Crippen molar-refractivity contribution >= 4 is 28.4 Å². The quantitative estimate of drug-likeness (QED) is 0.788. The smallest absolute Gasteiger partial charge is 0.259 e. The van der Waals surface area contributed by atoms with E-state index >= 15 is 0 Å². The summed E-state index contributed by atoms with van der Waals surface area (Å²) in [5.74, 6) is 0.226. The fourth-order valence-electron chi connectivity index (χ4n) is 5.66. The molecule has 3 heterocycles. The number of imide groups is 1. The predicted molar refractivity (Wildman–Crippen MR) is 115 cm³/mol. The first-order chi connectivity index (χ1) is 14.0. The van der Waals surface area contributed by atoms with Gasteiger partial charge in [-0.2, -0.15) is 0 Å². The Hall–Kier alpha value is -2.56. The molecule has 1 N–H and O–H groups in total. The van der Waals surface area contributed by atoms with Gasteiger partial charge >= 0.3 is 0 Å². The van der Waals surface area contributed by atoms with Gasteiger partial charge in [0, 0.05) is 47.4 Å². The van der Waals surface area contributed by atoms with Crippen molar-refractivity contribution in [3.05, 3.63) is 41.2 Å². The monoisotopic (exact) mass is 391 g/mol. The van der Waals surface area contributed by atoms with Crippen LogP contribution in [0.5, 0.6) is 0 Å². The molecule has 0 bridgehead atoms. The summed E-state index contributed by atoms with van der Waals surface area (Å²) in [5.41, 5.74) is 5.28. The summed E-state index contributed by atoms with van der Waals surface area (Å²) in [6, 6.07) is 6.70. The maximum absolute atomic E-state index is 13.4. The van der Waals surface area contributed by atoms with E-state index in [-0.39, 0.29) is 17.7 Å². The summed E-state index contributed by atoms with van der Waals surface area (Å²) in [4.78, 5) is 26.9. The Bertz CT molecular complexity index is 1040. The fraction of sp³-hybridized carbons (Fsp3) is 0.500. The van der Waals surface area contributed by atoms with Crippen LogP contribution < -0.4 is 5.32 Å². The average Bonchev–Trinajstić information content (AvgIpc) is 3.19. The molecule has 2 aliphatic heterocycles. The second-order valence-electron chi connectivity index (χ2n) is 9.09. The van der Waals surface area contributed by atoms with Crippen molar-refractivity contribution in [3.63, 3.8) is 0 Å². The van der Waals surface area contributed by atoms with Crippen molar-refractivity contribution in [3.8, 4) is 0 Å². The van der Waals surface area contributed by atoms with Gasteiger partial charge in [0.05, 0.1) is 12.1 Å². The number of carbonyl (C=O) groups excluding carboxylic acids is 2. The normalized spacial score (nSPS) is 22.3. The average molecular weight is 392 g/mol. The molecule has 0 spiro atoms. The molecule has 2 aromatic rings. The minimum absolute atomic E-state index is 0.0563. The summed E-state index contributed by atoms with van der Waals surface area (Å²) in [7, 11) is 0. The molecule has 1 aromatic carbocycles. The number of aromatic nitrogens is 1. The molecule has 5 heteroatoms. The number of rotatable bonds is 2. The molecule has 1 aromatic heterocycles. The Morgan fingerprint density at radius 2 is 1.93 bits per heavy atom. The van der Waals surface area contributed by atoms with Gasteiger partial charge < -0.3 is 9.88 Å². The van der Waals surface area contributed by atoms with Gasteiger partial charge in [-0.3, -0.25) is 14.5 Å². The maximum Gasteiger partial charge on any atom is 0.259 e. The lowest BCUT2D eigenvalue weighted by Crippen LogP contribution is -2.34. The number of amides is 2. The van der Waals surface area contributed by atoms with Crippen molar-refractivity contribution in [2.24, 2.45) is 5.92 Å². The van der Waals surface area contributed by atoms with E-state index in [1.165, 1.54) is 47.6 Å². The Morgan fingerprint density at radius 1 is 1.17 bits per heavy atom. The molecule has 152 valence electrons. The summed E-state index contributed by atoms with van der Waals surface area (Å²) >= 11 is 0. The number of nitrogens with zero attached hydrogens (tertiary/aromatic N) is 2. The van der Waals surface area contributed by atoms with Crippen LogP contribution in [0.1, 0.15) is 70.4 Å². The van der Waals surface area contributed by atoms with Gasteiger partial charge in [-0.25, -0.2) is 0 Å². The van der Waals surface area contributed by atoms with Crippen LogP contribution in [0.3, 0.4) is 0 Å². The van der Waals surface area contributed by atoms with E-state index in [1.54, 1.807) is 0 Å². The zero-order chi connectivity index (χ0) is 20.3. The number of hydrogen-bond donors (Lipinski definition) is 1. The van der Waals surface area contributed by atoms with Gasteiger partial charge in [0.1, 0.15) is 0 Å². The van der Waals surface area contributed by atoms with Gasteiger partial charge in [-0.1, -0.05) is 25.3 Å². The highest BCUT2D eigenvalue weighted by atomic mass is 16.2. The third kappa shape index (κ3) is 2.74. The van der Waals surface area contributed by atoms with Crippen LogP contribution in [0.2, 0.25) is 0 Å². The molecular formula is C24H29N3O2. The largest absolute Gasteiger partial charge is 0.356 e. The lowest BCUT2D eigenvalue weighted by atomic mass is 9.73. The highest BCUT2D eigenvalue weighted by Crippen LogP contribution is 2.50. The molecule has 5 rings (SSSR count). The van der Waals surface area contributed by atoms with Crippen LogP contribution >= 0.6 is 0 Å². The third-order valence-electron chi connectivity index (χ3n) is 6.99. The standard InChI is InChI=1S/C24H29N3O2/c1-14(2)26-12-17-21(16-8-5-4-6-9-16)23-19(13-27(15(3)28)24(23)29)25-18-10-7-11-20(26)22(17)18/h7,10-12,14,16,21,25H,4-6,8-9,13H2,1-3H3/t21-/m0/s1. The summed E-state index contributed by atoms with van der Waals surface area (Å²) < 4.78 is 2.33. The highest BCUT2D eigenvalue weighted by Gasteiger charge is 2.43.